The number of amides is 2. The summed E-state index contributed by atoms with van der Waals surface area (Å²) in [6.45, 7) is 0. The first kappa shape index (κ1) is 10.5. The summed E-state index contributed by atoms with van der Waals surface area (Å²) in [7, 11) is 1.87. The lowest BCUT2D eigenvalue weighted by molar-refractivity contribution is -0.127. The van der Waals surface area contributed by atoms with E-state index in [1.54, 1.807) is 0 Å². The Labute approximate surface area is 92.3 Å². The fraction of sp³-hybridized carbons (Fsp3) is 0.818. The predicted octanol–water partition coefficient (Wildman–Crippen LogP) is 1.04. The lowest BCUT2D eigenvalue weighted by Gasteiger charge is -2.19. The van der Waals surface area contributed by atoms with Gasteiger partial charge in [0, 0.05) is 25.9 Å². The molecular weight excluding hydrogens is 192 g/mol. The summed E-state index contributed by atoms with van der Waals surface area (Å²) in [4.78, 5) is 23.9. The fourth-order valence-corrected chi connectivity index (χ4v) is 2.04. The van der Waals surface area contributed by atoms with Gasteiger partial charge in [-0.3, -0.25) is 9.59 Å². The van der Waals surface area contributed by atoms with Crippen molar-refractivity contribution in [3.63, 3.8) is 0 Å². The van der Waals surface area contributed by atoms with E-state index < -0.39 is 0 Å². The topological polar surface area (TPSA) is 63.4 Å². The zero-order valence-electron chi connectivity index (χ0n) is 10.3. The maximum atomic E-state index is 11.3. The maximum absolute atomic E-state index is 11.3. The second kappa shape index (κ2) is 5.73. The maximum Gasteiger partial charge on any atom is 0.222 e. The van der Waals surface area contributed by atoms with Crippen LogP contribution in [0.15, 0.2) is 0 Å². The summed E-state index contributed by atoms with van der Waals surface area (Å²) >= 11 is 0. The molecule has 0 saturated carbocycles. The SMILES string of the molecule is [2H]NC(=O)CCCCC[C@@H]1CCC(=O)N1C. The van der Waals surface area contributed by atoms with Crippen LogP contribution in [-0.4, -0.2) is 29.8 Å². The van der Waals surface area contributed by atoms with Crippen LogP contribution >= 0.6 is 0 Å². The van der Waals surface area contributed by atoms with Gasteiger partial charge in [-0.2, -0.15) is 0 Å². The van der Waals surface area contributed by atoms with E-state index in [4.69, 9.17) is 1.41 Å². The fourth-order valence-electron chi connectivity index (χ4n) is 2.04. The van der Waals surface area contributed by atoms with Gasteiger partial charge in [0.2, 0.25) is 11.8 Å². The van der Waals surface area contributed by atoms with Crippen molar-refractivity contribution < 1.29 is 11.0 Å². The molecule has 15 heavy (non-hydrogen) atoms. The lowest BCUT2D eigenvalue weighted by atomic mass is 10.1. The number of nitrogens with two attached hydrogens (primary N) is 1. The van der Waals surface area contributed by atoms with Gasteiger partial charge in [-0.05, 0) is 19.3 Å². The van der Waals surface area contributed by atoms with Gasteiger partial charge in [-0.15, -0.1) is 0 Å². The number of unbranched alkanes of at least 4 members (excludes halogenated alkanes) is 2. The van der Waals surface area contributed by atoms with Crippen molar-refractivity contribution in [1.82, 2.24) is 4.90 Å². The van der Waals surface area contributed by atoms with Crippen molar-refractivity contribution in [2.24, 2.45) is 5.73 Å². The van der Waals surface area contributed by atoms with E-state index in [9.17, 15) is 9.59 Å². The third kappa shape index (κ3) is 3.90. The molecule has 0 bridgehead atoms. The average molecular weight is 213 g/mol. The first-order chi connectivity index (χ1) is 7.65. The third-order valence-corrected chi connectivity index (χ3v) is 3.07. The molecule has 0 aliphatic carbocycles. The highest BCUT2D eigenvalue weighted by Gasteiger charge is 2.26. The number of nitrogens with zero attached hydrogens (tertiary/aromatic N) is 1. The minimum atomic E-state index is -0.215. The van der Waals surface area contributed by atoms with E-state index in [-0.39, 0.29) is 11.8 Å². The average Bonchev–Trinajstić information content (AvgIpc) is 2.60. The Kier molecular flexibility index (Phi) is 4.00. The van der Waals surface area contributed by atoms with Gasteiger partial charge < -0.3 is 10.6 Å². The molecule has 0 aromatic heterocycles. The minimum absolute atomic E-state index is 0.215. The second-order valence-corrected chi connectivity index (χ2v) is 4.22. The Morgan fingerprint density at radius 2 is 2.40 bits per heavy atom. The van der Waals surface area contributed by atoms with Crippen molar-refractivity contribution in [3.05, 3.63) is 0 Å². The van der Waals surface area contributed by atoms with Crippen LogP contribution < -0.4 is 5.73 Å². The molecule has 1 saturated heterocycles. The first-order valence-corrected chi connectivity index (χ1v) is 5.61. The molecule has 1 heterocycles. The molecule has 0 spiro atoms. The van der Waals surface area contributed by atoms with E-state index >= 15 is 0 Å². The summed E-state index contributed by atoms with van der Waals surface area (Å²) in [5, 5.41) is 0. The van der Waals surface area contributed by atoms with Crippen molar-refractivity contribution in [2.45, 2.75) is 51.0 Å². The second-order valence-electron chi connectivity index (χ2n) is 4.22. The van der Waals surface area contributed by atoms with Gasteiger partial charge in [-0.1, -0.05) is 12.8 Å². The molecule has 0 aromatic rings. The van der Waals surface area contributed by atoms with E-state index in [1.165, 1.54) is 0 Å². The Balaban J connectivity index is 2.03. The van der Waals surface area contributed by atoms with Crippen LogP contribution in [0.2, 0.25) is 1.41 Å². The summed E-state index contributed by atoms with van der Waals surface area (Å²) < 4.78 is 6.63. The van der Waals surface area contributed by atoms with Crippen molar-refractivity contribution in [3.8, 4) is 0 Å². The number of likely N-dealkylation sites (tertiary alicyclic amines) is 1. The van der Waals surface area contributed by atoms with Crippen LogP contribution in [0.1, 0.15) is 44.9 Å². The molecule has 1 fully saturated rings. The molecule has 0 unspecified atom stereocenters. The smallest absolute Gasteiger partial charge is 0.222 e. The quantitative estimate of drug-likeness (QED) is 0.670. The summed E-state index contributed by atoms with van der Waals surface area (Å²) in [6, 6.07) is 0.400. The zero-order chi connectivity index (χ0) is 12.0. The van der Waals surface area contributed by atoms with E-state index in [0.29, 0.717) is 18.9 Å². The monoisotopic (exact) mass is 213 g/mol. The van der Waals surface area contributed by atoms with Gasteiger partial charge in [-0.25, -0.2) is 0 Å². The molecule has 4 nitrogen and oxygen atoms in total. The third-order valence-electron chi connectivity index (χ3n) is 3.07. The van der Waals surface area contributed by atoms with Gasteiger partial charge in [0.05, 0.1) is 0 Å². The molecule has 2 N–H and O–H groups in total. The van der Waals surface area contributed by atoms with Crippen LogP contribution in [-0.2, 0) is 9.59 Å². The van der Waals surface area contributed by atoms with Crippen molar-refractivity contribution >= 4 is 11.8 Å². The first-order valence-electron chi connectivity index (χ1n) is 6.11. The van der Waals surface area contributed by atoms with Gasteiger partial charge >= 0.3 is 0 Å². The molecule has 1 rings (SSSR count). The Morgan fingerprint density at radius 1 is 1.60 bits per heavy atom. The predicted molar refractivity (Wildman–Crippen MR) is 58.1 cm³/mol. The van der Waals surface area contributed by atoms with Crippen LogP contribution in [0.25, 0.3) is 0 Å². The molecule has 0 radical (unpaired) electrons. The van der Waals surface area contributed by atoms with E-state index in [2.05, 4.69) is 0 Å². The number of carbonyl (C=O) groups is 2. The van der Waals surface area contributed by atoms with Crippen molar-refractivity contribution in [1.29, 1.82) is 0 Å². The molecule has 0 aromatic carbocycles. The number of hydrogen-bond acceptors (Lipinski definition) is 2. The highest BCUT2D eigenvalue weighted by Crippen LogP contribution is 2.21. The minimum Gasteiger partial charge on any atom is -0.370 e. The summed E-state index contributed by atoms with van der Waals surface area (Å²) in [6.07, 6.45) is 5.99. The van der Waals surface area contributed by atoms with Crippen molar-refractivity contribution in [2.75, 3.05) is 7.05 Å². The number of carbonyl (C=O) groups excluding carboxylic acids is 2. The van der Waals surface area contributed by atoms with Crippen LogP contribution in [0.3, 0.4) is 0 Å². The highest BCUT2D eigenvalue weighted by molar-refractivity contribution is 5.78. The van der Waals surface area contributed by atoms with E-state index in [0.717, 1.165) is 32.1 Å². The van der Waals surface area contributed by atoms with Gasteiger partial charge in [0.25, 0.3) is 0 Å². The number of hydrogen-bond donors (Lipinski definition) is 1. The molecule has 2 amide bonds. The van der Waals surface area contributed by atoms with Crippen LogP contribution in [0, 0.1) is 0 Å². The Morgan fingerprint density at radius 3 is 3.00 bits per heavy atom. The summed E-state index contributed by atoms with van der Waals surface area (Å²) in [5.74, 6) is 0.0340. The lowest BCUT2D eigenvalue weighted by Crippen LogP contribution is -2.28. The van der Waals surface area contributed by atoms with Gasteiger partial charge in [0.15, 0.2) is 1.41 Å². The number of rotatable bonds is 6. The largest absolute Gasteiger partial charge is 0.370 e. The highest BCUT2D eigenvalue weighted by atomic mass is 16.2. The normalized spacial score (nSPS) is 21.7. The Bertz CT molecular complexity index is 258. The number of primary amides is 1. The molecule has 1 aliphatic heterocycles. The van der Waals surface area contributed by atoms with Crippen LogP contribution in [0.5, 0.6) is 0 Å². The molecule has 86 valence electrons. The summed E-state index contributed by atoms with van der Waals surface area (Å²) in [5.41, 5.74) is 1.87. The van der Waals surface area contributed by atoms with Crippen LogP contribution in [0.4, 0.5) is 0 Å². The standard InChI is InChI=1S/C11H20N2O2/c1-13-9(7-8-11(13)15)5-3-2-4-6-10(12)14/h9H,2-8H2,1H3,(H2,12,14)/t9-/m1/s1/i/hD. The molecule has 1 aliphatic rings. The molecular formula is C11H20N2O2. The zero-order valence-corrected chi connectivity index (χ0v) is 9.29. The molecule has 4 heteroatoms. The van der Waals surface area contributed by atoms with Gasteiger partial charge in [0.1, 0.15) is 0 Å². The van der Waals surface area contributed by atoms with E-state index in [1.807, 2.05) is 17.7 Å². The molecule has 1 atom stereocenters. The Hall–Kier alpha value is -1.06.